The number of carbonyl (C=O) groups is 1. The minimum atomic E-state index is -0.328. The highest BCUT2D eigenvalue weighted by molar-refractivity contribution is 5.91. The summed E-state index contributed by atoms with van der Waals surface area (Å²) < 4.78 is 0. The number of aliphatic hydroxyl groups excluding tert-OH is 1. The van der Waals surface area contributed by atoms with Crippen LogP contribution in [0.2, 0.25) is 0 Å². The van der Waals surface area contributed by atoms with E-state index < -0.39 is 0 Å². The summed E-state index contributed by atoms with van der Waals surface area (Å²) >= 11 is 0. The molecule has 0 aromatic heterocycles. The molecule has 1 aliphatic heterocycles. The van der Waals surface area contributed by atoms with Crippen LogP contribution >= 0.6 is 0 Å². The lowest BCUT2D eigenvalue weighted by Crippen LogP contribution is -2.39. The van der Waals surface area contributed by atoms with Crippen LogP contribution in [0.25, 0.3) is 6.08 Å². The van der Waals surface area contributed by atoms with Gasteiger partial charge in [-0.15, -0.1) is 0 Å². The monoisotopic (exact) mass is 336 g/mol. The molecule has 4 heteroatoms. The molecule has 2 atom stereocenters. The summed E-state index contributed by atoms with van der Waals surface area (Å²) in [5.74, 6) is -0.107. The molecule has 0 spiro atoms. The highest BCUT2D eigenvalue weighted by Gasteiger charge is 2.30. The zero-order chi connectivity index (χ0) is 17.5. The van der Waals surface area contributed by atoms with Crippen molar-refractivity contribution in [1.82, 2.24) is 10.2 Å². The van der Waals surface area contributed by atoms with Gasteiger partial charge in [0.1, 0.15) is 0 Å². The summed E-state index contributed by atoms with van der Waals surface area (Å²) in [6, 6.07) is 20.1. The second kappa shape index (κ2) is 8.60. The molecule has 4 nitrogen and oxygen atoms in total. The quantitative estimate of drug-likeness (QED) is 0.797. The van der Waals surface area contributed by atoms with Crippen LogP contribution in [-0.4, -0.2) is 41.1 Å². The second-order valence-corrected chi connectivity index (χ2v) is 6.45. The van der Waals surface area contributed by atoms with Crippen LogP contribution in [-0.2, 0) is 11.3 Å². The van der Waals surface area contributed by atoms with Crippen molar-refractivity contribution in [2.24, 2.45) is 0 Å². The second-order valence-electron chi connectivity index (χ2n) is 6.45. The molecule has 1 saturated heterocycles. The number of hydrogen-bond donors (Lipinski definition) is 2. The molecular formula is C21H24N2O2. The number of nitrogens with zero attached hydrogens (tertiary/aromatic N) is 1. The minimum Gasteiger partial charge on any atom is -0.392 e. The van der Waals surface area contributed by atoms with Crippen molar-refractivity contribution in [3.8, 4) is 0 Å². The largest absolute Gasteiger partial charge is 0.392 e. The number of likely N-dealkylation sites (tertiary alicyclic amines) is 1. The first-order valence-electron chi connectivity index (χ1n) is 8.68. The van der Waals surface area contributed by atoms with Crippen molar-refractivity contribution >= 4 is 12.0 Å². The van der Waals surface area contributed by atoms with Crippen molar-refractivity contribution in [2.45, 2.75) is 25.1 Å². The van der Waals surface area contributed by atoms with Crippen molar-refractivity contribution in [3.63, 3.8) is 0 Å². The number of hydrogen-bond acceptors (Lipinski definition) is 3. The summed E-state index contributed by atoms with van der Waals surface area (Å²) in [5.41, 5.74) is 2.22. The summed E-state index contributed by atoms with van der Waals surface area (Å²) in [7, 11) is 0. The SMILES string of the molecule is O=C(/C=C/c1ccccc1)NCC1CC(O)CN1Cc1ccccc1. The summed E-state index contributed by atoms with van der Waals surface area (Å²) in [4.78, 5) is 14.3. The van der Waals surface area contributed by atoms with Crippen molar-refractivity contribution in [1.29, 1.82) is 0 Å². The Kier molecular flexibility index (Phi) is 5.99. The highest BCUT2D eigenvalue weighted by atomic mass is 16.3. The molecule has 25 heavy (non-hydrogen) atoms. The Labute approximate surface area is 148 Å². The van der Waals surface area contributed by atoms with E-state index in [9.17, 15) is 9.90 Å². The van der Waals surface area contributed by atoms with Gasteiger partial charge in [-0.3, -0.25) is 9.69 Å². The number of aliphatic hydroxyl groups is 1. The Hall–Kier alpha value is -2.43. The average Bonchev–Trinajstić information content (AvgIpc) is 2.99. The topological polar surface area (TPSA) is 52.6 Å². The van der Waals surface area contributed by atoms with E-state index in [1.165, 1.54) is 5.56 Å². The average molecular weight is 336 g/mol. The molecule has 1 heterocycles. The molecule has 0 bridgehead atoms. The first-order chi connectivity index (χ1) is 12.2. The maximum Gasteiger partial charge on any atom is 0.244 e. The van der Waals surface area contributed by atoms with E-state index in [2.05, 4.69) is 22.3 Å². The molecule has 0 saturated carbocycles. The number of rotatable bonds is 6. The Bertz CT molecular complexity index is 700. The van der Waals surface area contributed by atoms with Gasteiger partial charge in [0, 0.05) is 31.8 Å². The van der Waals surface area contributed by atoms with Gasteiger partial charge in [-0.05, 0) is 23.6 Å². The van der Waals surface area contributed by atoms with Gasteiger partial charge in [0.15, 0.2) is 0 Å². The molecule has 2 unspecified atom stereocenters. The Balaban J connectivity index is 1.52. The van der Waals surface area contributed by atoms with Crippen LogP contribution in [0, 0.1) is 0 Å². The zero-order valence-electron chi connectivity index (χ0n) is 14.2. The van der Waals surface area contributed by atoms with Crippen LogP contribution in [0.3, 0.4) is 0 Å². The molecule has 1 amide bonds. The molecule has 2 aromatic carbocycles. The van der Waals surface area contributed by atoms with Gasteiger partial charge in [0.2, 0.25) is 5.91 Å². The smallest absolute Gasteiger partial charge is 0.244 e. The van der Waals surface area contributed by atoms with Crippen LogP contribution in [0.1, 0.15) is 17.5 Å². The van der Waals surface area contributed by atoms with Crippen LogP contribution < -0.4 is 5.32 Å². The lowest BCUT2D eigenvalue weighted by atomic mass is 10.1. The molecule has 130 valence electrons. The van der Waals surface area contributed by atoms with E-state index in [1.807, 2.05) is 48.5 Å². The fourth-order valence-electron chi connectivity index (χ4n) is 3.19. The van der Waals surface area contributed by atoms with Gasteiger partial charge >= 0.3 is 0 Å². The number of nitrogens with one attached hydrogen (secondary N) is 1. The lowest BCUT2D eigenvalue weighted by Gasteiger charge is -2.24. The van der Waals surface area contributed by atoms with Crippen molar-refractivity contribution in [3.05, 3.63) is 77.9 Å². The van der Waals surface area contributed by atoms with Crippen molar-refractivity contribution < 1.29 is 9.90 Å². The van der Waals surface area contributed by atoms with Gasteiger partial charge in [-0.1, -0.05) is 60.7 Å². The predicted molar refractivity (Wildman–Crippen MR) is 99.7 cm³/mol. The van der Waals surface area contributed by atoms with E-state index in [0.717, 1.165) is 12.1 Å². The fraction of sp³-hybridized carbons (Fsp3) is 0.286. The maximum absolute atomic E-state index is 12.0. The summed E-state index contributed by atoms with van der Waals surface area (Å²) in [6.45, 7) is 1.98. The third kappa shape index (κ3) is 5.28. The van der Waals surface area contributed by atoms with Crippen LogP contribution in [0.4, 0.5) is 0 Å². The molecule has 0 radical (unpaired) electrons. The Morgan fingerprint density at radius 1 is 1.12 bits per heavy atom. The van der Waals surface area contributed by atoms with Gasteiger partial charge in [0.05, 0.1) is 6.10 Å². The Morgan fingerprint density at radius 3 is 2.52 bits per heavy atom. The normalized spacial score (nSPS) is 20.8. The van der Waals surface area contributed by atoms with Crippen molar-refractivity contribution in [2.75, 3.05) is 13.1 Å². The molecule has 0 aliphatic carbocycles. The molecule has 1 aliphatic rings. The number of benzene rings is 2. The number of amides is 1. The third-order valence-corrected chi connectivity index (χ3v) is 4.47. The molecule has 3 rings (SSSR count). The maximum atomic E-state index is 12.0. The van der Waals surface area contributed by atoms with E-state index in [4.69, 9.17) is 0 Å². The summed E-state index contributed by atoms with van der Waals surface area (Å²) in [5, 5.41) is 12.9. The van der Waals surface area contributed by atoms with Gasteiger partial charge in [0.25, 0.3) is 0 Å². The zero-order valence-corrected chi connectivity index (χ0v) is 14.2. The molecular weight excluding hydrogens is 312 g/mol. The molecule has 1 fully saturated rings. The van der Waals surface area contributed by atoms with E-state index >= 15 is 0 Å². The molecule has 2 aromatic rings. The summed E-state index contributed by atoms with van der Waals surface area (Å²) in [6.07, 6.45) is 3.73. The number of carbonyl (C=O) groups excluding carboxylic acids is 1. The van der Waals surface area contributed by atoms with E-state index in [1.54, 1.807) is 12.2 Å². The van der Waals surface area contributed by atoms with Gasteiger partial charge in [-0.2, -0.15) is 0 Å². The van der Waals surface area contributed by atoms with Gasteiger partial charge in [-0.25, -0.2) is 0 Å². The third-order valence-electron chi connectivity index (χ3n) is 4.47. The minimum absolute atomic E-state index is 0.107. The molecule has 2 N–H and O–H groups in total. The van der Waals surface area contributed by atoms with E-state index in [-0.39, 0.29) is 18.1 Å². The predicted octanol–water partition coefficient (Wildman–Crippen LogP) is 2.45. The first kappa shape index (κ1) is 17.4. The van der Waals surface area contributed by atoms with Crippen LogP contribution in [0.5, 0.6) is 0 Å². The Morgan fingerprint density at radius 2 is 1.80 bits per heavy atom. The fourth-order valence-corrected chi connectivity index (χ4v) is 3.19. The standard InChI is InChI=1S/C21H24N2O2/c24-20-13-19(23(16-20)15-18-9-5-2-6-10-18)14-22-21(25)12-11-17-7-3-1-4-8-17/h1-12,19-20,24H,13-16H2,(H,22,25)/b12-11+. The number of β-amino-alcohol motifs (C(OH)–C–C–N with tert-alkyl or cyclic N) is 1. The first-order valence-corrected chi connectivity index (χ1v) is 8.68. The van der Waals surface area contributed by atoms with E-state index in [0.29, 0.717) is 19.5 Å². The van der Waals surface area contributed by atoms with Gasteiger partial charge < -0.3 is 10.4 Å². The highest BCUT2D eigenvalue weighted by Crippen LogP contribution is 2.20. The van der Waals surface area contributed by atoms with Crippen LogP contribution in [0.15, 0.2) is 66.7 Å². The lowest BCUT2D eigenvalue weighted by molar-refractivity contribution is -0.116.